The summed E-state index contributed by atoms with van der Waals surface area (Å²) in [7, 11) is 0. The molecule has 10 heteroatoms. The molecule has 2 fully saturated rings. The summed E-state index contributed by atoms with van der Waals surface area (Å²) in [6, 6.07) is 10.4. The summed E-state index contributed by atoms with van der Waals surface area (Å²) in [5, 5.41) is 27.3. The molecule has 1 aromatic heterocycles. The van der Waals surface area contributed by atoms with Crippen LogP contribution in [-0.4, -0.2) is 66.6 Å². The Morgan fingerprint density at radius 1 is 1.13 bits per heavy atom. The number of halogens is 1. The van der Waals surface area contributed by atoms with Crippen LogP contribution in [0, 0.1) is 10.1 Å². The van der Waals surface area contributed by atoms with E-state index < -0.39 is 17.2 Å². The summed E-state index contributed by atoms with van der Waals surface area (Å²) < 4.78 is 13.8. The summed E-state index contributed by atoms with van der Waals surface area (Å²) in [5.41, 5.74) is 1.40. The smallest absolute Gasteiger partial charge is 0.311 e. The topological polar surface area (TPSA) is 107 Å². The molecule has 2 saturated heterocycles. The molecule has 30 heavy (non-hydrogen) atoms. The maximum absolute atomic E-state index is 13.8. The van der Waals surface area contributed by atoms with E-state index >= 15 is 0 Å². The molecule has 0 radical (unpaired) electrons. The first-order valence-electron chi connectivity index (χ1n) is 10.1. The molecule has 2 aromatic rings. The van der Waals surface area contributed by atoms with Crippen molar-refractivity contribution in [1.82, 2.24) is 10.3 Å². The van der Waals surface area contributed by atoms with E-state index in [1.807, 2.05) is 17.0 Å². The summed E-state index contributed by atoms with van der Waals surface area (Å²) in [4.78, 5) is 19.5. The fraction of sp³-hybridized carbons (Fsp3) is 0.450. The number of rotatable bonds is 5. The van der Waals surface area contributed by atoms with Gasteiger partial charge in [-0.05, 0) is 36.8 Å². The van der Waals surface area contributed by atoms with Crippen molar-refractivity contribution in [3.05, 3.63) is 46.5 Å². The first-order valence-corrected chi connectivity index (χ1v) is 10.1. The highest BCUT2D eigenvalue weighted by Crippen LogP contribution is 2.30. The fourth-order valence-corrected chi connectivity index (χ4v) is 3.77. The van der Waals surface area contributed by atoms with Crippen molar-refractivity contribution in [2.24, 2.45) is 0 Å². The Morgan fingerprint density at radius 3 is 2.53 bits per heavy atom. The number of nitrogens with zero attached hydrogens (tertiary/aromatic N) is 4. The molecule has 2 atom stereocenters. The molecule has 160 valence electrons. The van der Waals surface area contributed by atoms with E-state index in [1.165, 1.54) is 6.07 Å². The Balaban J connectivity index is 1.52. The Kier molecular flexibility index (Phi) is 5.96. The second kappa shape index (κ2) is 8.80. The van der Waals surface area contributed by atoms with Crippen molar-refractivity contribution in [3.63, 3.8) is 0 Å². The Bertz CT molecular complexity index is 891. The molecule has 0 aliphatic carbocycles. The number of pyridine rings is 1. The molecule has 0 bridgehead atoms. The number of hydrogen-bond acceptors (Lipinski definition) is 8. The van der Waals surface area contributed by atoms with Gasteiger partial charge < -0.3 is 25.5 Å². The largest absolute Gasteiger partial charge is 0.390 e. The lowest BCUT2D eigenvalue weighted by Crippen LogP contribution is -2.44. The molecule has 3 heterocycles. The lowest BCUT2D eigenvalue weighted by Gasteiger charge is -2.33. The van der Waals surface area contributed by atoms with E-state index in [9.17, 15) is 19.6 Å². The van der Waals surface area contributed by atoms with E-state index in [0.29, 0.717) is 24.5 Å². The number of piperidine rings is 1. The average Bonchev–Trinajstić information content (AvgIpc) is 2.76. The molecule has 0 amide bonds. The predicted molar refractivity (Wildman–Crippen MR) is 113 cm³/mol. The Labute approximate surface area is 173 Å². The number of hydrogen-bond donors (Lipinski definition) is 3. The minimum atomic E-state index is -1.27. The van der Waals surface area contributed by atoms with Crippen LogP contribution in [0.4, 0.5) is 33.1 Å². The zero-order valence-electron chi connectivity index (χ0n) is 16.5. The van der Waals surface area contributed by atoms with Crippen LogP contribution >= 0.6 is 0 Å². The number of anilines is 4. The first kappa shape index (κ1) is 20.3. The van der Waals surface area contributed by atoms with Crippen LogP contribution in [0.2, 0.25) is 0 Å². The molecular weight excluding hydrogens is 391 g/mol. The maximum atomic E-state index is 13.8. The van der Waals surface area contributed by atoms with Gasteiger partial charge in [0.15, 0.2) is 0 Å². The minimum Gasteiger partial charge on any atom is -0.390 e. The van der Waals surface area contributed by atoms with Gasteiger partial charge in [-0.1, -0.05) is 0 Å². The minimum absolute atomic E-state index is 0.0942. The van der Waals surface area contributed by atoms with Crippen LogP contribution in [0.25, 0.3) is 0 Å². The molecule has 2 unspecified atom stereocenters. The summed E-state index contributed by atoms with van der Waals surface area (Å²) in [6.07, 6.45) is -1.79. The van der Waals surface area contributed by atoms with Gasteiger partial charge >= 0.3 is 5.69 Å². The second-order valence-corrected chi connectivity index (χ2v) is 7.52. The maximum Gasteiger partial charge on any atom is 0.311 e. The van der Waals surface area contributed by atoms with Gasteiger partial charge in [-0.2, -0.15) is 0 Å². The number of aliphatic hydroxyl groups excluding tert-OH is 1. The lowest BCUT2D eigenvalue weighted by molar-refractivity contribution is -0.384. The van der Waals surface area contributed by atoms with Gasteiger partial charge in [0.05, 0.1) is 17.6 Å². The highest BCUT2D eigenvalue weighted by atomic mass is 19.1. The average molecular weight is 416 g/mol. The highest BCUT2D eigenvalue weighted by molar-refractivity contribution is 5.69. The number of aromatic nitrogens is 1. The van der Waals surface area contributed by atoms with Crippen LogP contribution in [0.15, 0.2) is 36.4 Å². The van der Waals surface area contributed by atoms with Gasteiger partial charge in [0.2, 0.25) is 5.82 Å². The van der Waals surface area contributed by atoms with Crippen LogP contribution < -0.4 is 20.4 Å². The highest BCUT2D eigenvalue weighted by Gasteiger charge is 2.27. The van der Waals surface area contributed by atoms with Crippen LogP contribution in [-0.2, 0) is 0 Å². The number of alkyl halides is 1. The molecule has 4 rings (SSSR count). The van der Waals surface area contributed by atoms with Gasteiger partial charge in [0.1, 0.15) is 12.0 Å². The molecule has 0 spiro atoms. The monoisotopic (exact) mass is 416 g/mol. The van der Waals surface area contributed by atoms with Gasteiger partial charge in [-0.25, -0.2) is 9.37 Å². The molecule has 3 N–H and O–H groups in total. The summed E-state index contributed by atoms with van der Waals surface area (Å²) in [5.74, 6) is 0.885. The number of nitrogens with one attached hydrogen (secondary N) is 2. The molecule has 2 aliphatic rings. The third kappa shape index (κ3) is 4.44. The molecule has 1 aromatic carbocycles. The van der Waals surface area contributed by atoms with Gasteiger partial charge in [0.25, 0.3) is 0 Å². The van der Waals surface area contributed by atoms with Crippen molar-refractivity contribution >= 4 is 28.7 Å². The van der Waals surface area contributed by atoms with E-state index in [-0.39, 0.29) is 18.1 Å². The van der Waals surface area contributed by atoms with Crippen molar-refractivity contribution in [3.8, 4) is 0 Å². The Hall–Kier alpha value is -2.98. The lowest BCUT2D eigenvalue weighted by atomic mass is 10.1. The zero-order chi connectivity index (χ0) is 21.1. The molecule has 9 nitrogen and oxygen atoms in total. The fourth-order valence-electron chi connectivity index (χ4n) is 3.77. The van der Waals surface area contributed by atoms with Crippen molar-refractivity contribution < 1.29 is 14.4 Å². The first-order chi connectivity index (χ1) is 14.5. The normalized spacial score (nSPS) is 22.1. The van der Waals surface area contributed by atoms with Crippen LogP contribution in [0.1, 0.15) is 6.42 Å². The number of aliphatic hydroxyl groups is 1. The standard InChI is InChI=1S/C20H25FN6O3/c21-16-13-26(10-7-18(16)28)15-3-1-14(2-4-15)23-20-17(27(29)30)5-6-19(24-20)25-11-8-22-9-12-25/h1-6,16,18,22,28H,7-13H2,(H,23,24). The van der Waals surface area contributed by atoms with Gasteiger partial charge in [0, 0.05) is 50.2 Å². The third-order valence-corrected chi connectivity index (χ3v) is 5.50. The molecule has 0 saturated carbocycles. The zero-order valence-corrected chi connectivity index (χ0v) is 16.5. The number of piperazine rings is 1. The second-order valence-electron chi connectivity index (χ2n) is 7.52. The number of nitro groups is 1. The van der Waals surface area contributed by atoms with E-state index in [0.717, 1.165) is 31.9 Å². The van der Waals surface area contributed by atoms with Crippen molar-refractivity contribution in [2.75, 3.05) is 54.4 Å². The van der Waals surface area contributed by atoms with Crippen LogP contribution in [0.5, 0.6) is 0 Å². The van der Waals surface area contributed by atoms with Crippen LogP contribution in [0.3, 0.4) is 0 Å². The SMILES string of the molecule is O=[N+]([O-])c1ccc(N2CCNCC2)nc1Nc1ccc(N2CCC(O)C(F)C2)cc1. The Morgan fingerprint density at radius 2 is 1.87 bits per heavy atom. The predicted octanol–water partition coefficient (Wildman–Crippen LogP) is 2.05. The van der Waals surface area contributed by atoms with E-state index in [2.05, 4.69) is 20.5 Å². The number of benzene rings is 1. The van der Waals surface area contributed by atoms with Gasteiger partial charge in [-0.3, -0.25) is 10.1 Å². The van der Waals surface area contributed by atoms with E-state index in [4.69, 9.17) is 0 Å². The molecule has 2 aliphatic heterocycles. The summed E-state index contributed by atoms with van der Waals surface area (Å²) in [6.45, 7) is 3.99. The van der Waals surface area contributed by atoms with Gasteiger partial charge in [-0.15, -0.1) is 0 Å². The molecular formula is C20H25FN6O3. The third-order valence-electron chi connectivity index (χ3n) is 5.50. The summed E-state index contributed by atoms with van der Waals surface area (Å²) >= 11 is 0. The quantitative estimate of drug-likeness (QED) is 0.502. The van der Waals surface area contributed by atoms with E-state index in [1.54, 1.807) is 18.2 Å². The van der Waals surface area contributed by atoms with Crippen molar-refractivity contribution in [2.45, 2.75) is 18.7 Å². The van der Waals surface area contributed by atoms with Crippen molar-refractivity contribution in [1.29, 1.82) is 0 Å².